The number of hydrogen-bond donors (Lipinski definition) is 0. The number of benzene rings is 1. The van der Waals surface area contributed by atoms with E-state index in [2.05, 4.69) is 23.3 Å². The fraction of sp³-hybridized carbons (Fsp3) is 0.400. The molecule has 0 aliphatic carbocycles. The van der Waals surface area contributed by atoms with Gasteiger partial charge in [0.25, 0.3) is 0 Å². The lowest BCUT2D eigenvalue weighted by Crippen LogP contribution is -1.98. The van der Waals surface area contributed by atoms with Crippen LogP contribution in [0.5, 0.6) is 0 Å². The fourth-order valence-electron chi connectivity index (χ4n) is 2.10. The summed E-state index contributed by atoms with van der Waals surface area (Å²) in [6, 6.07) is 12.4. The maximum Gasteiger partial charge on any atom is 0.0585 e. The number of hydrogen-bond acceptors (Lipinski definition) is 1. The van der Waals surface area contributed by atoms with Crippen molar-refractivity contribution in [2.24, 2.45) is 7.05 Å². The lowest BCUT2D eigenvalue weighted by atomic mass is 10.1. The topological polar surface area (TPSA) is 17.8 Å². The average Bonchev–Trinajstić information content (AvgIpc) is 2.81. The Morgan fingerprint density at radius 1 is 1.17 bits per heavy atom. The lowest BCUT2D eigenvalue weighted by Gasteiger charge is -2.09. The van der Waals surface area contributed by atoms with Crippen LogP contribution in [0.1, 0.15) is 35.9 Å². The summed E-state index contributed by atoms with van der Waals surface area (Å²) >= 11 is 6.38. The predicted molar refractivity (Wildman–Crippen MR) is 75.8 cm³/mol. The SMILES string of the molecule is Cn1nccc1CCCCC(Cl)c1ccccc1. The molecule has 1 heterocycles. The molecule has 0 bridgehead atoms. The summed E-state index contributed by atoms with van der Waals surface area (Å²) in [5.74, 6) is 0. The van der Waals surface area contributed by atoms with E-state index in [1.54, 1.807) is 0 Å². The highest BCUT2D eigenvalue weighted by atomic mass is 35.5. The van der Waals surface area contributed by atoms with Crippen LogP contribution in [-0.4, -0.2) is 9.78 Å². The summed E-state index contributed by atoms with van der Waals surface area (Å²) in [4.78, 5) is 0. The molecule has 2 rings (SSSR count). The molecule has 2 nitrogen and oxygen atoms in total. The largest absolute Gasteiger partial charge is 0.273 e. The van der Waals surface area contributed by atoms with Gasteiger partial charge in [0, 0.05) is 18.9 Å². The van der Waals surface area contributed by atoms with Crippen LogP contribution in [0.3, 0.4) is 0 Å². The molecule has 1 aromatic heterocycles. The van der Waals surface area contributed by atoms with Gasteiger partial charge in [0.15, 0.2) is 0 Å². The molecule has 3 heteroatoms. The summed E-state index contributed by atoms with van der Waals surface area (Å²) in [5, 5.41) is 4.31. The molecule has 0 radical (unpaired) electrons. The second kappa shape index (κ2) is 6.60. The Bertz CT molecular complexity index is 464. The first kappa shape index (κ1) is 13.2. The molecular weight excluding hydrogens is 244 g/mol. The van der Waals surface area contributed by atoms with Gasteiger partial charge in [-0.15, -0.1) is 11.6 Å². The van der Waals surface area contributed by atoms with Gasteiger partial charge in [-0.1, -0.05) is 36.8 Å². The zero-order valence-corrected chi connectivity index (χ0v) is 11.5. The second-order valence-corrected chi connectivity index (χ2v) is 5.10. The smallest absolute Gasteiger partial charge is 0.0585 e. The molecule has 0 saturated carbocycles. The maximum absolute atomic E-state index is 6.38. The molecule has 0 amide bonds. The third kappa shape index (κ3) is 3.61. The first-order valence-corrected chi connectivity index (χ1v) is 6.87. The van der Waals surface area contributed by atoms with E-state index in [0.29, 0.717) is 0 Å². The first-order chi connectivity index (χ1) is 8.77. The Hall–Kier alpha value is -1.28. The van der Waals surface area contributed by atoms with Crippen molar-refractivity contribution in [3.63, 3.8) is 0 Å². The Morgan fingerprint density at radius 3 is 2.61 bits per heavy atom. The number of halogens is 1. The van der Waals surface area contributed by atoms with E-state index in [4.69, 9.17) is 11.6 Å². The Kier molecular flexibility index (Phi) is 4.82. The third-order valence-electron chi connectivity index (χ3n) is 3.22. The van der Waals surface area contributed by atoms with E-state index in [-0.39, 0.29) is 5.38 Å². The predicted octanol–water partition coefficient (Wildman–Crippen LogP) is 4.11. The van der Waals surface area contributed by atoms with Crippen molar-refractivity contribution in [3.05, 3.63) is 53.9 Å². The molecular formula is C15H19ClN2. The minimum absolute atomic E-state index is 0.137. The average molecular weight is 263 g/mol. The van der Waals surface area contributed by atoms with Crippen LogP contribution >= 0.6 is 11.6 Å². The maximum atomic E-state index is 6.38. The van der Waals surface area contributed by atoms with Crippen molar-refractivity contribution < 1.29 is 0 Å². The summed E-state index contributed by atoms with van der Waals surface area (Å²) in [7, 11) is 1.99. The van der Waals surface area contributed by atoms with E-state index < -0.39 is 0 Å². The van der Waals surface area contributed by atoms with Crippen LogP contribution in [0.15, 0.2) is 42.6 Å². The van der Waals surface area contributed by atoms with Crippen molar-refractivity contribution in [1.29, 1.82) is 0 Å². The summed E-state index contributed by atoms with van der Waals surface area (Å²) in [6.07, 6.45) is 6.27. The zero-order chi connectivity index (χ0) is 12.8. The van der Waals surface area contributed by atoms with Crippen molar-refractivity contribution >= 4 is 11.6 Å². The van der Waals surface area contributed by atoms with Gasteiger partial charge in [-0.25, -0.2) is 0 Å². The van der Waals surface area contributed by atoms with Gasteiger partial charge in [-0.2, -0.15) is 5.10 Å². The summed E-state index contributed by atoms with van der Waals surface area (Å²) in [6.45, 7) is 0. The lowest BCUT2D eigenvalue weighted by molar-refractivity contribution is 0.629. The van der Waals surface area contributed by atoms with Gasteiger partial charge in [-0.05, 0) is 30.9 Å². The van der Waals surface area contributed by atoms with Crippen molar-refractivity contribution in [2.45, 2.75) is 31.1 Å². The summed E-state index contributed by atoms with van der Waals surface area (Å²) in [5.41, 5.74) is 2.51. The second-order valence-electron chi connectivity index (χ2n) is 4.57. The van der Waals surface area contributed by atoms with Crippen LogP contribution in [0, 0.1) is 0 Å². The Balaban J connectivity index is 1.71. The molecule has 0 saturated heterocycles. The Morgan fingerprint density at radius 2 is 1.94 bits per heavy atom. The quantitative estimate of drug-likeness (QED) is 0.566. The Labute approximate surface area is 114 Å². The highest BCUT2D eigenvalue weighted by Crippen LogP contribution is 2.26. The van der Waals surface area contributed by atoms with Gasteiger partial charge in [0.2, 0.25) is 0 Å². The van der Waals surface area contributed by atoms with Crippen LogP contribution in [-0.2, 0) is 13.5 Å². The number of unbranched alkanes of at least 4 members (excludes halogenated alkanes) is 1. The van der Waals surface area contributed by atoms with Crippen LogP contribution < -0.4 is 0 Å². The van der Waals surface area contributed by atoms with Crippen LogP contribution in [0.25, 0.3) is 0 Å². The molecule has 0 N–H and O–H groups in total. The third-order valence-corrected chi connectivity index (χ3v) is 3.69. The molecule has 2 aromatic rings. The minimum atomic E-state index is 0.137. The first-order valence-electron chi connectivity index (χ1n) is 6.43. The molecule has 0 aliphatic heterocycles. The standard InChI is InChI=1S/C15H19ClN2/c1-18-14(11-12-17-18)9-5-6-10-15(16)13-7-3-2-4-8-13/h2-4,7-8,11-12,15H,5-6,9-10H2,1H3. The number of aryl methyl sites for hydroxylation is 2. The van der Waals surface area contributed by atoms with Gasteiger partial charge in [-0.3, -0.25) is 4.68 Å². The van der Waals surface area contributed by atoms with E-state index in [0.717, 1.165) is 25.7 Å². The monoisotopic (exact) mass is 262 g/mol. The van der Waals surface area contributed by atoms with Gasteiger partial charge >= 0.3 is 0 Å². The normalized spacial score (nSPS) is 12.6. The number of rotatable bonds is 6. The molecule has 0 spiro atoms. The van der Waals surface area contributed by atoms with E-state index in [9.17, 15) is 0 Å². The molecule has 18 heavy (non-hydrogen) atoms. The van der Waals surface area contributed by atoms with Gasteiger partial charge < -0.3 is 0 Å². The zero-order valence-electron chi connectivity index (χ0n) is 10.7. The highest BCUT2D eigenvalue weighted by molar-refractivity contribution is 6.20. The highest BCUT2D eigenvalue weighted by Gasteiger charge is 2.07. The molecule has 1 unspecified atom stereocenters. The number of alkyl halides is 1. The van der Waals surface area contributed by atoms with E-state index >= 15 is 0 Å². The summed E-state index contributed by atoms with van der Waals surface area (Å²) < 4.78 is 1.94. The minimum Gasteiger partial charge on any atom is -0.273 e. The molecule has 0 aliphatic rings. The number of nitrogens with zero attached hydrogens (tertiary/aromatic N) is 2. The molecule has 1 aromatic carbocycles. The van der Waals surface area contributed by atoms with Crippen molar-refractivity contribution in [3.8, 4) is 0 Å². The number of aromatic nitrogens is 2. The van der Waals surface area contributed by atoms with E-state index in [1.807, 2.05) is 36.1 Å². The van der Waals surface area contributed by atoms with Gasteiger partial charge in [0.1, 0.15) is 0 Å². The van der Waals surface area contributed by atoms with Crippen molar-refractivity contribution in [1.82, 2.24) is 9.78 Å². The fourth-order valence-corrected chi connectivity index (χ4v) is 2.40. The van der Waals surface area contributed by atoms with Crippen molar-refractivity contribution in [2.75, 3.05) is 0 Å². The van der Waals surface area contributed by atoms with Crippen LogP contribution in [0.2, 0.25) is 0 Å². The van der Waals surface area contributed by atoms with E-state index in [1.165, 1.54) is 11.3 Å². The molecule has 96 valence electrons. The van der Waals surface area contributed by atoms with Crippen LogP contribution in [0.4, 0.5) is 0 Å². The molecule has 1 atom stereocenters. The van der Waals surface area contributed by atoms with Gasteiger partial charge in [0.05, 0.1) is 5.38 Å². The molecule has 0 fully saturated rings.